The van der Waals surface area contributed by atoms with Crippen molar-refractivity contribution in [3.8, 4) is 5.75 Å². The van der Waals surface area contributed by atoms with Crippen molar-refractivity contribution >= 4 is 5.95 Å². The largest absolute Gasteiger partial charge is 0.488 e. The third kappa shape index (κ3) is 4.51. The first-order valence-corrected chi connectivity index (χ1v) is 9.37. The van der Waals surface area contributed by atoms with E-state index in [0.29, 0.717) is 12.1 Å². The van der Waals surface area contributed by atoms with Gasteiger partial charge in [-0.1, -0.05) is 12.1 Å². The minimum absolute atomic E-state index is 0.269. The van der Waals surface area contributed by atoms with Gasteiger partial charge in [0.2, 0.25) is 5.95 Å². The van der Waals surface area contributed by atoms with Gasteiger partial charge in [0.05, 0.1) is 6.10 Å². The number of benzene rings is 1. The van der Waals surface area contributed by atoms with E-state index in [2.05, 4.69) is 39.2 Å². The first kappa shape index (κ1) is 17.2. The summed E-state index contributed by atoms with van der Waals surface area (Å²) in [5.74, 6) is 1.63. The van der Waals surface area contributed by atoms with E-state index < -0.39 is 0 Å². The highest BCUT2D eigenvalue weighted by Gasteiger charge is 2.28. The number of aryl methyl sites for hydroxylation is 1. The molecule has 0 amide bonds. The van der Waals surface area contributed by atoms with Crippen LogP contribution in [0.5, 0.6) is 5.75 Å². The summed E-state index contributed by atoms with van der Waals surface area (Å²) in [6, 6.07) is 8.22. The Bertz CT molecular complexity index is 710. The standard InChI is InChI=1S/C20H26N4O2/c1-15-4-2-5-17(8-15)26-19-13-24(14-19)12-16-9-21-20(22-10-16)23-11-18-6-3-7-25-18/h2,4-5,8-10,18-19H,3,6-7,11-14H2,1H3,(H,21,22,23). The van der Waals surface area contributed by atoms with Crippen LogP contribution in [-0.2, 0) is 11.3 Å². The molecule has 2 saturated heterocycles. The van der Waals surface area contributed by atoms with E-state index in [0.717, 1.165) is 56.9 Å². The number of anilines is 1. The predicted octanol–water partition coefficient (Wildman–Crippen LogP) is 2.64. The average Bonchev–Trinajstić information content (AvgIpc) is 3.13. The first-order valence-electron chi connectivity index (χ1n) is 9.37. The Labute approximate surface area is 154 Å². The van der Waals surface area contributed by atoms with E-state index in [9.17, 15) is 0 Å². The topological polar surface area (TPSA) is 59.5 Å². The smallest absolute Gasteiger partial charge is 0.222 e. The number of nitrogens with zero attached hydrogens (tertiary/aromatic N) is 3. The van der Waals surface area contributed by atoms with Crippen LogP contribution in [0.4, 0.5) is 5.95 Å². The van der Waals surface area contributed by atoms with Crippen LogP contribution in [0.3, 0.4) is 0 Å². The van der Waals surface area contributed by atoms with Crippen LogP contribution in [-0.4, -0.2) is 53.3 Å². The molecular formula is C20H26N4O2. The molecule has 6 nitrogen and oxygen atoms in total. The minimum atomic E-state index is 0.269. The molecule has 6 heteroatoms. The second-order valence-electron chi connectivity index (χ2n) is 7.18. The highest BCUT2D eigenvalue weighted by Crippen LogP contribution is 2.20. The zero-order valence-corrected chi connectivity index (χ0v) is 15.2. The molecule has 0 spiro atoms. The molecule has 1 aromatic carbocycles. The second-order valence-corrected chi connectivity index (χ2v) is 7.18. The predicted molar refractivity (Wildman–Crippen MR) is 100 cm³/mol. The molecule has 2 aliphatic rings. The molecule has 2 aliphatic heterocycles. The van der Waals surface area contributed by atoms with Gasteiger partial charge in [0.25, 0.3) is 0 Å². The van der Waals surface area contributed by atoms with Gasteiger partial charge in [-0.05, 0) is 37.5 Å². The normalized spacial score (nSPS) is 20.7. The molecule has 1 N–H and O–H groups in total. The lowest BCUT2D eigenvalue weighted by atomic mass is 10.1. The van der Waals surface area contributed by atoms with Gasteiger partial charge >= 0.3 is 0 Å². The number of hydrogen-bond donors (Lipinski definition) is 1. The number of hydrogen-bond acceptors (Lipinski definition) is 6. The number of rotatable bonds is 7. The lowest BCUT2D eigenvalue weighted by molar-refractivity contribution is 0.0144. The van der Waals surface area contributed by atoms with Crippen LogP contribution in [0.25, 0.3) is 0 Å². The lowest BCUT2D eigenvalue weighted by Crippen LogP contribution is -2.53. The quantitative estimate of drug-likeness (QED) is 0.825. The summed E-state index contributed by atoms with van der Waals surface area (Å²) in [4.78, 5) is 11.2. The van der Waals surface area contributed by atoms with Gasteiger partial charge in [-0.3, -0.25) is 4.90 Å². The van der Waals surface area contributed by atoms with E-state index in [1.54, 1.807) is 0 Å². The molecule has 26 heavy (non-hydrogen) atoms. The third-order valence-corrected chi connectivity index (χ3v) is 4.84. The van der Waals surface area contributed by atoms with Crippen molar-refractivity contribution in [2.24, 2.45) is 0 Å². The fourth-order valence-electron chi connectivity index (χ4n) is 3.40. The molecule has 0 aliphatic carbocycles. The molecule has 1 atom stereocenters. The SMILES string of the molecule is Cc1cccc(OC2CN(Cc3cnc(NCC4CCCO4)nc3)C2)c1. The van der Waals surface area contributed by atoms with Crippen LogP contribution >= 0.6 is 0 Å². The van der Waals surface area contributed by atoms with Gasteiger partial charge < -0.3 is 14.8 Å². The highest BCUT2D eigenvalue weighted by atomic mass is 16.5. The Morgan fingerprint density at radius 1 is 1.27 bits per heavy atom. The Morgan fingerprint density at radius 3 is 2.85 bits per heavy atom. The molecule has 0 bridgehead atoms. The second kappa shape index (κ2) is 8.01. The van der Waals surface area contributed by atoms with Crippen LogP contribution in [0, 0.1) is 6.92 Å². The summed E-state index contributed by atoms with van der Waals surface area (Å²) in [6.07, 6.45) is 6.64. The maximum absolute atomic E-state index is 6.00. The molecule has 4 rings (SSSR count). The van der Waals surface area contributed by atoms with E-state index in [1.807, 2.05) is 24.5 Å². The van der Waals surface area contributed by atoms with Gasteiger partial charge in [0.15, 0.2) is 0 Å². The Balaban J connectivity index is 1.19. The zero-order valence-electron chi connectivity index (χ0n) is 15.2. The maximum Gasteiger partial charge on any atom is 0.222 e. The molecule has 138 valence electrons. The van der Waals surface area contributed by atoms with Crippen LogP contribution in [0.15, 0.2) is 36.7 Å². The van der Waals surface area contributed by atoms with Crippen molar-refractivity contribution in [1.29, 1.82) is 0 Å². The molecule has 2 aromatic rings. The summed E-state index contributed by atoms with van der Waals surface area (Å²) in [5.41, 5.74) is 2.35. The van der Waals surface area contributed by atoms with Crippen LogP contribution in [0.2, 0.25) is 0 Å². The van der Waals surface area contributed by atoms with Crippen molar-refractivity contribution in [3.05, 3.63) is 47.8 Å². The van der Waals surface area contributed by atoms with Gasteiger partial charge in [-0.2, -0.15) is 0 Å². The molecule has 0 radical (unpaired) electrons. The fourth-order valence-corrected chi connectivity index (χ4v) is 3.40. The fraction of sp³-hybridized carbons (Fsp3) is 0.500. The van der Waals surface area contributed by atoms with Crippen molar-refractivity contribution in [2.75, 3.05) is 31.6 Å². The van der Waals surface area contributed by atoms with E-state index in [4.69, 9.17) is 9.47 Å². The minimum Gasteiger partial charge on any atom is -0.488 e. The molecule has 3 heterocycles. The number of likely N-dealkylation sites (tertiary alicyclic amines) is 1. The number of ether oxygens (including phenoxy) is 2. The molecule has 0 saturated carbocycles. The van der Waals surface area contributed by atoms with Crippen molar-refractivity contribution in [2.45, 2.75) is 38.5 Å². The summed E-state index contributed by atoms with van der Waals surface area (Å²) in [5, 5.41) is 3.25. The molecule has 1 aromatic heterocycles. The Kier molecular flexibility index (Phi) is 5.32. The lowest BCUT2D eigenvalue weighted by Gasteiger charge is -2.38. The van der Waals surface area contributed by atoms with Gasteiger partial charge in [0.1, 0.15) is 11.9 Å². The van der Waals surface area contributed by atoms with Gasteiger partial charge in [-0.15, -0.1) is 0 Å². The number of aromatic nitrogens is 2. The monoisotopic (exact) mass is 354 g/mol. The van der Waals surface area contributed by atoms with E-state index in [1.165, 1.54) is 5.56 Å². The highest BCUT2D eigenvalue weighted by molar-refractivity contribution is 5.28. The maximum atomic E-state index is 6.00. The Morgan fingerprint density at radius 2 is 2.12 bits per heavy atom. The number of nitrogens with one attached hydrogen (secondary N) is 1. The summed E-state index contributed by atoms with van der Waals surface area (Å²) in [7, 11) is 0. The summed E-state index contributed by atoms with van der Waals surface area (Å²) < 4.78 is 11.6. The summed E-state index contributed by atoms with van der Waals surface area (Å²) >= 11 is 0. The molecule has 1 unspecified atom stereocenters. The van der Waals surface area contributed by atoms with E-state index in [-0.39, 0.29) is 6.10 Å². The average molecular weight is 354 g/mol. The summed E-state index contributed by atoms with van der Waals surface area (Å²) in [6.45, 7) is 6.47. The van der Waals surface area contributed by atoms with Crippen molar-refractivity contribution < 1.29 is 9.47 Å². The third-order valence-electron chi connectivity index (χ3n) is 4.84. The van der Waals surface area contributed by atoms with Crippen LogP contribution in [0.1, 0.15) is 24.0 Å². The van der Waals surface area contributed by atoms with E-state index >= 15 is 0 Å². The Hall–Kier alpha value is -2.18. The zero-order chi connectivity index (χ0) is 17.8. The molecule has 2 fully saturated rings. The van der Waals surface area contributed by atoms with Crippen molar-refractivity contribution in [1.82, 2.24) is 14.9 Å². The van der Waals surface area contributed by atoms with Gasteiger partial charge in [-0.25, -0.2) is 9.97 Å². The molecular weight excluding hydrogens is 328 g/mol. The first-order chi connectivity index (χ1) is 12.7. The van der Waals surface area contributed by atoms with Crippen LogP contribution < -0.4 is 10.1 Å². The van der Waals surface area contributed by atoms with Gasteiger partial charge in [0, 0.05) is 50.7 Å². The van der Waals surface area contributed by atoms with Crippen molar-refractivity contribution in [3.63, 3.8) is 0 Å².